The summed E-state index contributed by atoms with van der Waals surface area (Å²) < 4.78 is 7.52. The Morgan fingerprint density at radius 1 is 1.08 bits per heavy atom. The molecule has 1 amide bonds. The van der Waals surface area contributed by atoms with Crippen LogP contribution in [0.2, 0.25) is 0 Å². The van der Waals surface area contributed by atoms with Gasteiger partial charge in [0, 0.05) is 23.2 Å². The molecule has 26 heavy (non-hydrogen) atoms. The Kier molecular flexibility index (Phi) is 4.05. The van der Waals surface area contributed by atoms with Gasteiger partial charge in [-0.3, -0.25) is 4.79 Å². The molecule has 2 heterocycles. The van der Waals surface area contributed by atoms with Crippen LogP contribution < -0.4 is 5.32 Å². The molecule has 0 saturated heterocycles. The van der Waals surface area contributed by atoms with Gasteiger partial charge in [0.05, 0.1) is 11.4 Å². The summed E-state index contributed by atoms with van der Waals surface area (Å²) in [5.41, 5.74) is 4.64. The van der Waals surface area contributed by atoms with Crippen molar-refractivity contribution in [2.75, 3.05) is 0 Å². The van der Waals surface area contributed by atoms with Crippen molar-refractivity contribution in [3.05, 3.63) is 83.4 Å². The Balaban J connectivity index is 1.54. The minimum absolute atomic E-state index is 0.229. The number of fused-ring (bicyclic) bond motifs is 1. The summed E-state index contributed by atoms with van der Waals surface area (Å²) in [7, 11) is 0. The number of nitrogens with one attached hydrogen (secondary N) is 1. The molecule has 0 spiro atoms. The van der Waals surface area contributed by atoms with Crippen LogP contribution in [-0.4, -0.2) is 15.7 Å². The molecule has 0 aliphatic rings. The van der Waals surface area contributed by atoms with E-state index in [2.05, 4.69) is 10.4 Å². The molecule has 0 unspecified atom stereocenters. The summed E-state index contributed by atoms with van der Waals surface area (Å²) in [4.78, 5) is 12.5. The Morgan fingerprint density at radius 3 is 2.58 bits per heavy atom. The van der Waals surface area contributed by atoms with Gasteiger partial charge < -0.3 is 9.73 Å². The van der Waals surface area contributed by atoms with Crippen molar-refractivity contribution in [3.63, 3.8) is 0 Å². The zero-order chi connectivity index (χ0) is 18.1. The third-order valence-corrected chi connectivity index (χ3v) is 4.52. The fourth-order valence-corrected chi connectivity index (χ4v) is 3.10. The molecule has 130 valence electrons. The number of benzene rings is 2. The summed E-state index contributed by atoms with van der Waals surface area (Å²) in [6.07, 6.45) is 0. The summed E-state index contributed by atoms with van der Waals surface area (Å²) in [6.45, 7) is 4.37. The maximum absolute atomic E-state index is 12.5. The van der Waals surface area contributed by atoms with Crippen LogP contribution in [0.15, 0.2) is 65.1 Å². The average molecular weight is 345 g/mol. The van der Waals surface area contributed by atoms with Crippen molar-refractivity contribution in [2.45, 2.75) is 20.4 Å². The molecule has 1 N–H and O–H groups in total. The third kappa shape index (κ3) is 2.88. The molecule has 0 atom stereocenters. The lowest BCUT2D eigenvalue weighted by Crippen LogP contribution is -2.22. The number of carbonyl (C=O) groups excluding carboxylic acids is 1. The molecule has 4 aromatic rings. The van der Waals surface area contributed by atoms with E-state index in [0.717, 1.165) is 28.0 Å². The van der Waals surface area contributed by atoms with Crippen molar-refractivity contribution < 1.29 is 9.21 Å². The van der Waals surface area contributed by atoms with Crippen molar-refractivity contribution >= 4 is 16.9 Å². The first-order valence-electron chi connectivity index (χ1n) is 8.51. The van der Waals surface area contributed by atoms with Crippen LogP contribution >= 0.6 is 0 Å². The van der Waals surface area contributed by atoms with Gasteiger partial charge in [0.1, 0.15) is 5.58 Å². The topological polar surface area (TPSA) is 60.1 Å². The van der Waals surface area contributed by atoms with Crippen LogP contribution in [0.5, 0.6) is 0 Å². The highest BCUT2D eigenvalue weighted by Crippen LogP contribution is 2.20. The number of aromatic nitrogens is 2. The SMILES string of the molecule is Cc1nn(-c2ccccc2)c(C)c1CNC(=O)c1cc2ccccc2o1. The lowest BCUT2D eigenvalue weighted by molar-refractivity contribution is 0.0925. The minimum Gasteiger partial charge on any atom is -0.451 e. The van der Waals surface area contributed by atoms with Gasteiger partial charge in [-0.15, -0.1) is 0 Å². The highest BCUT2D eigenvalue weighted by Gasteiger charge is 2.16. The van der Waals surface area contributed by atoms with E-state index in [0.29, 0.717) is 17.9 Å². The molecule has 5 heteroatoms. The van der Waals surface area contributed by atoms with Crippen LogP contribution in [0.1, 0.15) is 27.5 Å². The number of hydrogen-bond acceptors (Lipinski definition) is 3. The second kappa shape index (κ2) is 6.52. The van der Waals surface area contributed by atoms with Gasteiger partial charge >= 0.3 is 0 Å². The fraction of sp³-hybridized carbons (Fsp3) is 0.143. The zero-order valence-electron chi connectivity index (χ0n) is 14.7. The highest BCUT2D eigenvalue weighted by molar-refractivity contribution is 5.96. The Bertz CT molecular complexity index is 1040. The summed E-state index contributed by atoms with van der Waals surface area (Å²) >= 11 is 0. The van der Waals surface area contributed by atoms with Crippen LogP contribution in [0.4, 0.5) is 0 Å². The minimum atomic E-state index is -0.229. The predicted molar refractivity (Wildman–Crippen MR) is 100 cm³/mol. The first-order valence-corrected chi connectivity index (χ1v) is 8.51. The first-order chi connectivity index (χ1) is 12.6. The second-order valence-corrected chi connectivity index (χ2v) is 6.23. The van der Waals surface area contributed by atoms with Gasteiger partial charge in [-0.25, -0.2) is 4.68 Å². The third-order valence-electron chi connectivity index (χ3n) is 4.52. The highest BCUT2D eigenvalue weighted by atomic mass is 16.3. The van der Waals surface area contributed by atoms with Gasteiger partial charge in [0.25, 0.3) is 5.91 Å². The van der Waals surface area contributed by atoms with Gasteiger partial charge in [-0.2, -0.15) is 5.10 Å². The standard InChI is InChI=1S/C21H19N3O2/c1-14-18(15(2)24(23-14)17-9-4-3-5-10-17)13-22-21(25)20-12-16-8-6-7-11-19(16)26-20/h3-12H,13H2,1-2H3,(H,22,25). The molecule has 2 aromatic heterocycles. The summed E-state index contributed by atoms with van der Waals surface area (Å²) in [5.74, 6) is 0.0874. The number of para-hydroxylation sites is 2. The molecular formula is C21H19N3O2. The molecule has 4 rings (SSSR count). The molecule has 0 bridgehead atoms. The Morgan fingerprint density at radius 2 is 1.81 bits per heavy atom. The van der Waals surface area contributed by atoms with Crippen LogP contribution in [-0.2, 0) is 6.54 Å². The fourth-order valence-electron chi connectivity index (χ4n) is 3.10. The van der Waals surface area contributed by atoms with Gasteiger partial charge in [0.15, 0.2) is 5.76 Å². The number of rotatable bonds is 4. The predicted octanol–water partition coefficient (Wildman–Crippen LogP) is 4.17. The van der Waals surface area contributed by atoms with E-state index in [1.165, 1.54) is 0 Å². The normalized spacial score (nSPS) is 11.0. The van der Waals surface area contributed by atoms with Crippen LogP contribution in [0.25, 0.3) is 16.7 Å². The van der Waals surface area contributed by atoms with E-state index in [9.17, 15) is 4.79 Å². The van der Waals surface area contributed by atoms with Crippen LogP contribution in [0, 0.1) is 13.8 Å². The quantitative estimate of drug-likeness (QED) is 0.604. The molecular weight excluding hydrogens is 326 g/mol. The van der Waals surface area contributed by atoms with Gasteiger partial charge in [-0.1, -0.05) is 36.4 Å². The zero-order valence-corrected chi connectivity index (χ0v) is 14.7. The first kappa shape index (κ1) is 16.1. The van der Waals surface area contributed by atoms with E-state index in [1.54, 1.807) is 6.07 Å². The van der Waals surface area contributed by atoms with Crippen molar-refractivity contribution in [3.8, 4) is 5.69 Å². The van der Waals surface area contributed by atoms with E-state index in [1.807, 2.05) is 73.1 Å². The number of furan rings is 1. The molecule has 5 nitrogen and oxygen atoms in total. The van der Waals surface area contributed by atoms with E-state index in [4.69, 9.17) is 4.42 Å². The van der Waals surface area contributed by atoms with E-state index >= 15 is 0 Å². The second-order valence-electron chi connectivity index (χ2n) is 6.23. The lowest BCUT2D eigenvalue weighted by Gasteiger charge is -2.06. The molecule has 0 radical (unpaired) electrons. The molecule has 0 aliphatic heterocycles. The van der Waals surface area contributed by atoms with Crippen molar-refractivity contribution in [1.29, 1.82) is 0 Å². The molecule has 2 aromatic carbocycles. The number of nitrogens with zero attached hydrogens (tertiary/aromatic N) is 2. The van der Waals surface area contributed by atoms with Gasteiger partial charge in [-0.05, 0) is 38.1 Å². The maximum atomic E-state index is 12.5. The average Bonchev–Trinajstić information content (AvgIpc) is 3.22. The van der Waals surface area contributed by atoms with Crippen LogP contribution in [0.3, 0.4) is 0 Å². The Labute approximate surface area is 151 Å². The van der Waals surface area contributed by atoms with E-state index in [-0.39, 0.29) is 5.91 Å². The largest absolute Gasteiger partial charge is 0.451 e. The number of carbonyl (C=O) groups is 1. The monoisotopic (exact) mass is 345 g/mol. The summed E-state index contributed by atoms with van der Waals surface area (Å²) in [5, 5.41) is 8.46. The number of hydrogen-bond donors (Lipinski definition) is 1. The smallest absolute Gasteiger partial charge is 0.287 e. The van der Waals surface area contributed by atoms with E-state index < -0.39 is 0 Å². The lowest BCUT2D eigenvalue weighted by atomic mass is 10.2. The van der Waals surface area contributed by atoms with Crippen molar-refractivity contribution in [2.24, 2.45) is 0 Å². The van der Waals surface area contributed by atoms with Crippen molar-refractivity contribution in [1.82, 2.24) is 15.1 Å². The molecule has 0 fully saturated rings. The number of aryl methyl sites for hydroxylation is 1. The van der Waals surface area contributed by atoms with Gasteiger partial charge in [0.2, 0.25) is 0 Å². The molecule has 0 aliphatic carbocycles. The summed E-state index contributed by atoms with van der Waals surface area (Å²) in [6, 6.07) is 19.3. The molecule has 0 saturated carbocycles. The number of amides is 1. The Hall–Kier alpha value is -3.34. The maximum Gasteiger partial charge on any atom is 0.287 e.